The molecule has 0 saturated carbocycles. The third kappa shape index (κ3) is 4.55. The van der Waals surface area contributed by atoms with Crippen LogP contribution in [-0.4, -0.2) is 7.11 Å². The predicted molar refractivity (Wildman–Crippen MR) is 45.5 cm³/mol. The molecular formula is C8H9BrOZn. The normalized spacial score (nSPS) is 8.09. The van der Waals surface area contributed by atoms with Crippen molar-refractivity contribution in [2.24, 2.45) is 0 Å². The molecule has 0 unspecified atom stereocenters. The Morgan fingerprint density at radius 3 is 2.55 bits per heavy atom. The molecule has 0 aliphatic rings. The molecule has 56 valence electrons. The zero-order chi connectivity index (χ0) is 8.69. The van der Waals surface area contributed by atoms with E-state index >= 15 is 0 Å². The molecule has 0 amide bonds. The van der Waals surface area contributed by atoms with Crippen molar-refractivity contribution in [1.29, 1.82) is 0 Å². The first kappa shape index (κ1) is 11.1. The Kier molecular flexibility index (Phi) is 6.89. The summed E-state index contributed by atoms with van der Waals surface area (Å²) < 4.78 is 4.97. The fourth-order valence-corrected chi connectivity index (χ4v) is 0.685. The van der Waals surface area contributed by atoms with E-state index in [2.05, 4.69) is 19.7 Å². The van der Waals surface area contributed by atoms with Crippen LogP contribution in [0.4, 0.5) is 0 Å². The summed E-state index contributed by atoms with van der Waals surface area (Å²) in [5.74, 6) is 0.895. The van der Waals surface area contributed by atoms with Gasteiger partial charge in [-0.2, -0.15) is 17.7 Å². The molecule has 1 rings (SSSR count). The molecule has 0 spiro atoms. The monoisotopic (exact) mass is 264 g/mol. The fourth-order valence-electron chi connectivity index (χ4n) is 0.685. The predicted octanol–water partition coefficient (Wildman–Crippen LogP) is 2.65. The van der Waals surface area contributed by atoms with Crippen molar-refractivity contribution >= 4 is 13.6 Å². The van der Waals surface area contributed by atoms with Gasteiger partial charge in [0.1, 0.15) is 0 Å². The number of hydrogen-bond acceptors (Lipinski definition) is 1. The van der Waals surface area contributed by atoms with Crippen LogP contribution in [0.15, 0.2) is 18.2 Å². The molecule has 0 bridgehead atoms. The molecule has 1 aromatic carbocycles. The average molecular weight is 266 g/mol. The van der Waals surface area contributed by atoms with E-state index in [1.807, 2.05) is 25.1 Å². The molecule has 11 heavy (non-hydrogen) atoms. The number of rotatable bonds is 1. The number of methoxy groups -OCH3 is 1. The van der Waals surface area contributed by atoms with Crippen molar-refractivity contribution in [1.82, 2.24) is 0 Å². The van der Waals surface area contributed by atoms with Gasteiger partial charge in [0.25, 0.3) is 0 Å². The second-order valence-corrected chi connectivity index (χ2v) is 1.91. The summed E-state index contributed by atoms with van der Waals surface area (Å²) in [6.45, 7) is 1.99. The molecule has 0 N–H and O–H groups in total. The quantitative estimate of drug-likeness (QED) is 0.561. The first-order chi connectivity index (χ1) is 5.33. The van der Waals surface area contributed by atoms with Gasteiger partial charge in [-0.1, -0.05) is 6.92 Å². The third-order valence-corrected chi connectivity index (χ3v) is 1.15. The summed E-state index contributed by atoms with van der Waals surface area (Å²) >= 11 is 4.25. The van der Waals surface area contributed by atoms with Gasteiger partial charge < -0.3 is 4.74 Å². The van der Waals surface area contributed by atoms with Gasteiger partial charge in [-0.25, -0.2) is 0 Å². The molecule has 0 fully saturated rings. The van der Waals surface area contributed by atoms with E-state index in [1.54, 1.807) is 7.11 Å². The van der Waals surface area contributed by atoms with E-state index in [9.17, 15) is 0 Å². The van der Waals surface area contributed by atoms with E-state index < -0.39 is 0 Å². The SMILES string of the molecule is COc1cc[c-]c(C)c1.[Zn+][Br]. The van der Waals surface area contributed by atoms with Crippen LogP contribution in [0.1, 0.15) is 5.56 Å². The number of ether oxygens (including phenoxy) is 1. The van der Waals surface area contributed by atoms with Gasteiger partial charge in [-0.15, -0.1) is 12.1 Å². The van der Waals surface area contributed by atoms with Crippen molar-refractivity contribution in [3.05, 3.63) is 29.8 Å². The molecular weight excluding hydrogens is 257 g/mol. The zero-order valence-corrected chi connectivity index (χ0v) is 11.3. The minimum absolute atomic E-state index is 0.895. The molecule has 0 radical (unpaired) electrons. The maximum atomic E-state index is 4.97. The summed E-state index contributed by atoms with van der Waals surface area (Å²) in [5, 5.41) is 0. The van der Waals surface area contributed by atoms with Gasteiger partial charge in [-0.05, 0) is 0 Å². The number of aryl methyl sites for hydroxylation is 1. The molecule has 0 saturated heterocycles. The molecule has 0 aliphatic heterocycles. The summed E-state index contributed by atoms with van der Waals surface area (Å²) in [5.41, 5.74) is 1.11. The number of halogens is 1. The van der Waals surface area contributed by atoms with Crippen molar-refractivity contribution in [2.75, 3.05) is 7.11 Å². The van der Waals surface area contributed by atoms with Crippen LogP contribution in [0.2, 0.25) is 0 Å². The Labute approximate surface area is 84.2 Å². The van der Waals surface area contributed by atoms with Crippen LogP contribution < -0.4 is 4.74 Å². The standard InChI is InChI=1S/C8H9O.BrH.Zn/c1-7-4-3-5-8(6-7)9-2;;/h3,5-6H,1-2H3;1H;/q-1;;+2/p-1. The minimum atomic E-state index is 0.895. The van der Waals surface area contributed by atoms with Crippen LogP contribution in [0.3, 0.4) is 0 Å². The van der Waals surface area contributed by atoms with Crippen LogP contribution in [0.25, 0.3) is 0 Å². The molecule has 0 heterocycles. The Hall–Kier alpha value is 0.123. The summed E-state index contributed by atoms with van der Waals surface area (Å²) in [6, 6.07) is 8.71. The van der Waals surface area contributed by atoms with Gasteiger partial charge >= 0.3 is 30.0 Å². The van der Waals surface area contributed by atoms with Crippen molar-refractivity contribution < 1.29 is 21.1 Å². The van der Waals surface area contributed by atoms with E-state index in [-0.39, 0.29) is 0 Å². The van der Waals surface area contributed by atoms with E-state index in [4.69, 9.17) is 4.74 Å². The molecule has 1 aromatic rings. The summed E-state index contributed by atoms with van der Waals surface area (Å²) in [6.07, 6.45) is 0. The van der Waals surface area contributed by atoms with Crippen LogP contribution in [0.5, 0.6) is 5.75 Å². The molecule has 0 aliphatic carbocycles. The topological polar surface area (TPSA) is 9.23 Å². The third-order valence-electron chi connectivity index (χ3n) is 1.15. The number of benzene rings is 1. The van der Waals surface area contributed by atoms with Gasteiger partial charge in [0, 0.05) is 5.75 Å². The van der Waals surface area contributed by atoms with Crippen molar-refractivity contribution in [3.63, 3.8) is 0 Å². The Bertz CT molecular complexity index is 203. The number of hydrogen-bond donors (Lipinski definition) is 0. The van der Waals surface area contributed by atoms with Gasteiger partial charge in [-0.3, -0.25) is 0 Å². The van der Waals surface area contributed by atoms with Crippen LogP contribution in [-0.2, 0) is 16.3 Å². The second kappa shape index (κ2) is 6.81. The van der Waals surface area contributed by atoms with E-state index in [0.29, 0.717) is 0 Å². The Morgan fingerprint density at radius 2 is 2.18 bits per heavy atom. The summed E-state index contributed by atoms with van der Waals surface area (Å²) in [7, 11) is 1.66. The summed E-state index contributed by atoms with van der Waals surface area (Å²) in [4.78, 5) is 0. The molecule has 0 atom stereocenters. The van der Waals surface area contributed by atoms with Crippen LogP contribution in [0, 0.1) is 13.0 Å². The van der Waals surface area contributed by atoms with Crippen molar-refractivity contribution in [2.45, 2.75) is 6.92 Å². The Balaban J connectivity index is 0.000000461. The molecule has 0 aromatic heterocycles. The average Bonchev–Trinajstić information content (AvgIpc) is 2.08. The van der Waals surface area contributed by atoms with Crippen molar-refractivity contribution in [3.8, 4) is 5.75 Å². The van der Waals surface area contributed by atoms with E-state index in [0.717, 1.165) is 11.3 Å². The van der Waals surface area contributed by atoms with E-state index in [1.165, 1.54) is 16.3 Å². The Morgan fingerprint density at radius 1 is 1.55 bits per heavy atom. The molecule has 3 heteroatoms. The zero-order valence-electron chi connectivity index (χ0n) is 6.73. The van der Waals surface area contributed by atoms with Gasteiger partial charge in [0.05, 0.1) is 7.11 Å². The molecule has 1 nitrogen and oxygen atoms in total. The van der Waals surface area contributed by atoms with Crippen LogP contribution >= 0.6 is 13.6 Å². The first-order valence-electron chi connectivity index (χ1n) is 3.12. The fraction of sp³-hybridized carbons (Fsp3) is 0.250. The second-order valence-electron chi connectivity index (χ2n) is 1.91. The van der Waals surface area contributed by atoms with Gasteiger partial charge in [0.2, 0.25) is 0 Å². The maximum absolute atomic E-state index is 4.97. The van der Waals surface area contributed by atoms with Gasteiger partial charge in [0.15, 0.2) is 0 Å². The first-order valence-corrected chi connectivity index (χ1v) is 10.1.